The Hall–Kier alpha value is -2.85. The van der Waals surface area contributed by atoms with E-state index in [4.69, 9.17) is 4.74 Å². The second-order valence-corrected chi connectivity index (χ2v) is 9.59. The summed E-state index contributed by atoms with van der Waals surface area (Å²) in [6.45, 7) is 5.08. The number of hydrogen-bond donors (Lipinski definition) is 1. The van der Waals surface area contributed by atoms with E-state index in [1.807, 2.05) is 13.8 Å². The molecule has 0 radical (unpaired) electrons. The van der Waals surface area contributed by atoms with Crippen LogP contribution in [-0.4, -0.2) is 56.2 Å². The summed E-state index contributed by atoms with van der Waals surface area (Å²) in [5, 5.41) is 2.67. The molecule has 1 N–H and O–H groups in total. The molecule has 2 amide bonds. The number of rotatable bonds is 6. The first kappa shape index (κ1) is 23.8. The smallest absolute Gasteiger partial charge is 0.341 e. The van der Waals surface area contributed by atoms with Gasteiger partial charge in [-0.3, -0.25) is 9.59 Å². The van der Waals surface area contributed by atoms with E-state index >= 15 is 0 Å². The Morgan fingerprint density at radius 1 is 1.00 bits per heavy atom. The molecule has 2 unspecified atom stereocenters. The van der Waals surface area contributed by atoms with Crippen LogP contribution in [0.1, 0.15) is 40.1 Å². The minimum Gasteiger partial charge on any atom is -0.372 e. The largest absolute Gasteiger partial charge is 0.372 e. The molecule has 10 heteroatoms. The van der Waals surface area contributed by atoms with Gasteiger partial charge >= 0.3 is 5.76 Å². The summed E-state index contributed by atoms with van der Waals surface area (Å²) in [5.74, 6) is -4.09. The zero-order chi connectivity index (χ0) is 23.5. The van der Waals surface area contributed by atoms with Crippen molar-refractivity contribution in [2.24, 2.45) is 0 Å². The fraction of sp³-hybridized carbons (Fsp3) is 0.364. The second-order valence-electron chi connectivity index (χ2n) is 7.68. The summed E-state index contributed by atoms with van der Waals surface area (Å²) in [6.07, 6.45) is -0.0523. The van der Waals surface area contributed by atoms with Crippen molar-refractivity contribution in [3.8, 4) is 0 Å². The number of benzene rings is 2. The highest BCUT2D eigenvalue weighted by molar-refractivity contribution is 7.91. The third kappa shape index (κ3) is 5.49. The molecule has 2 aromatic carbocycles. The summed E-state index contributed by atoms with van der Waals surface area (Å²) < 4.78 is 53.7. The maximum Gasteiger partial charge on any atom is 0.341 e. The van der Waals surface area contributed by atoms with Crippen LogP contribution in [0.5, 0.6) is 0 Å². The van der Waals surface area contributed by atoms with Gasteiger partial charge in [-0.1, -0.05) is 12.1 Å². The molecule has 0 saturated carbocycles. The molecule has 1 heterocycles. The summed E-state index contributed by atoms with van der Waals surface area (Å²) in [4.78, 5) is 26.2. The first-order valence-electron chi connectivity index (χ1n) is 10.0. The van der Waals surface area contributed by atoms with Crippen LogP contribution < -0.4 is 5.32 Å². The van der Waals surface area contributed by atoms with Crippen molar-refractivity contribution < 1.29 is 31.5 Å². The zero-order valence-electron chi connectivity index (χ0n) is 17.6. The molecule has 0 aromatic heterocycles. The molecule has 1 fully saturated rings. The predicted octanol–water partition coefficient (Wildman–Crippen LogP) is 2.86. The topological polar surface area (TPSA) is 92.8 Å². The number of alkyl halides is 2. The Balaban J connectivity index is 1.58. The Morgan fingerprint density at radius 3 is 2.06 bits per heavy atom. The number of carbonyl (C=O) groups excluding carboxylic acids is 2. The first-order valence-corrected chi connectivity index (χ1v) is 11.6. The van der Waals surface area contributed by atoms with Crippen molar-refractivity contribution in [3.63, 3.8) is 0 Å². The summed E-state index contributed by atoms with van der Waals surface area (Å²) in [7, 11) is -4.70. The van der Waals surface area contributed by atoms with Crippen LogP contribution in [0, 0.1) is 0 Å². The van der Waals surface area contributed by atoms with Crippen molar-refractivity contribution >= 4 is 21.7 Å². The Morgan fingerprint density at radius 2 is 1.53 bits per heavy atom. The van der Waals surface area contributed by atoms with E-state index in [2.05, 4.69) is 5.32 Å². The third-order valence-electron chi connectivity index (χ3n) is 5.04. The molecule has 172 valence electrons. The van der Waals surface area contributed by atoms with Gasteiger partial charge in [0.25, 0.3) is 11.8 Å². The molecule has 1 saturated heterocycles. The highest BCUT2D eigenvalue weighted by Crippen LogP contribution is 2.19. The number of ether oxygens (including phenoxy) is 1. The number of amides is 2. The fourth-order valence-corrected chi connectivity index (χ4v) is 4.20. The molecule has 0 bridgehead atoms. The third-order valence-corrected chi connectivity index (χ3v) is 6.44. The van der Waals surface area contributed by atoms with Crippen molar-refractivity contribution in [1.82, 2.24) is 10.2 Å². The van der Waals surface area contributed by atoms with Crippen LogP contribution in [-0.2, 0) is 21.1 Å². The van der Waals surface area contributed by atoms with Gasteiger partial charge < -0.3 is 15.0 Å². The number of hydrogen-bond acceptors (Lipinski definition) is 5. The normalized spacial score (nSPS) is 19.1. The molecule has 2 aromatic rings. The number of nitrogens with one attached hydrogen (secondary N) is 1. The lowest BCUT2D eigenvalue weighted by Crippen LogP contribution is -2.48. The molecule has 0 spiro atoms. The van der Waals surface area contributed by atoms with Gasteiger partial charge in [0.05, 0.1) is 17.1 Å². The van der Waals surface area contributed by atoms with E-state index in [-0.39, 0.29) is 30.2 Å². The molecule has 0 aliphatic carbocycles. The zero-order valence-corrected chi connectivity index (χ0v) is 18.4. The minimum absolute atomic E-state index is 0.0262. The molecular formula is C22H24F2N2O5S. The highest BCUT2D eigenvalue weighted by Gasteiger charge is 2.27. The van der Waals surface area contributed by atoms with Crippen molar-refractivity contribution in [2.75, 3.05) is 13.1 Å². The van der Waals surface area contributed by atoms with E-state index in [0.717, 1.165) is 17.7 Å². The standard InChI is InChI=1S/C22H24F2N2O5S/c1-14-12-26(13-15(2)31-14)21(28)18-5-3-16(4-6-18)11-25-20(27)17-7-9-19(10-8-17)32(29,30)22(23)24/h3-10,14-15,22H,11-13H2,1-2H3,(H,25,27). The molecule has 1 aliphatic rings. The number of morpholine rings is 1. The van der Waals surface area contributed by atoms with Crippen LogP contribution in [0.15, 0.2) is 53.4 Å². The van der Waals surface area contributed by atoms with Crippen molar-refractivity contribution in [3.05, 3.63) is 65.2 Å². The van der Waals surface area contributed by atoms with Crippen LogP contribution in [0.2, 0.25) is 0 Å². The Labute approximate surface area is 185 Å². The van der Waals surface area contributed by atoms with Gasteiger partial charge in [0.2, 0.25) is 9.84 Å². The minimum atomic E-state index is -4.70. The molecule has 7 nitrogen and oxygen atoms in total. The van der Waals surface area contributed by atoms with Gasteiger partial charge in [0.1, 0.15) is 0 Å². The van der Waals surface area contributed by atoms with E-state index < -0.39 is 26.4 Å². The number of halogens is 2. The lowest BCUT2D eigenvalue weighted by Gasteiger charge is -2.35. The van der Waals surface area contributed by atoms with Crippen molar-refractivity contribution in [2.45, 2.75) is 43.3 Å². The average molecular weight is 467 g/mol. The molecule has 32 heavy (non-hydrogen) atoms. The lowest BCUT2D eigenvalue weighted by atomic mass is 10.1. The first-order chi connectivity index (χ1) is 15.1. The Bertz CT molecular complexity index is 1060. The SMILES string of the molecule is CC1CN(C(=O)c2ccc(CNC(=O)c3ccc(S(=O)(=O)C(F)F)cc3)cc2)CC(C)O1. The van der Waals surface area contributed by atoms with Gasteiger partial charge in [0.15, 0.2) is 0 Å². The second kappa shape index (κ2) is 9.74. The maximum atomic E-state index is 12.7. The molecule has 1 aliphatic heterocycles. The van der Waals surface area contributed by atoms with Gasteiger partial charge in [-0.25, -0.2) is 8.42 Å². The summed E-state index contributed by atoms with van der Waals surface area (Å²) in [5.41, 5.74) is 1.44. The Kier molecular flexibility index (Phi) is 7.25. The molecular weight excluding hydrogens is 442 g/mol. The van der Waals surface area contributed by atoms with E-state index in [1.165, 1.54) is 12.1 Å². The van der Waals surface area contributed by atoms with E-state index in [0.29, 0.717) is 18.7 Å². The predicted molar refractivity (Wildman–Crippen MR) is 113 cm³/mol. The number of sulfone groups is 1. The van der Waals surface area contributed by atoms with Gasteiger partial charge in [-0.05, 0) is 55.8 Å². The number of nitrogens with zero attached hydrogens (tertiary/aromatic N) is 1. The number of carbonyl (C=O) groups is 2. The van der Waals surface area contributed by atoms with E-state index in [9.17, 15) is 26.8 Å². The average Bonchev–Trinajstić information content (AvgIpc) is 2.76. The van der Waals surface area contributed by atoms with E-state index in [1.54, 1.807) is 29.2 Å². The summed E-state index contributed by atoms with van der Waals surface area (Å²) >= 11 is 0. The molecule has 3 rings (SSSR count). The highest BCUT2D eigenvalue weighted by atomic mass is 32.2. The van der Waals surface area contributed by atoms with Gasteiger partial charge in [-0.15, -0.1) is 0 Å². The quantitative estimate of drug-likeness (QED) is 0.707. The van der Waals surface area contributed by atoms with Crippen LogP contribution >= 0.6 is 0 Å². The fourth-order valence-electron chi connectivity index (χ4n) is 3.47. The van der Waals surface area contributed by atoms with Gasteiger partial charge in [-0.2, -0.15) is 8.78 Å². The van der Waals surface area contributed by atoms with Gasteiger partial charge in [0, 0.05) is 30.8 Å². The molecule has 2 atom stereocenters. The monoisotopic (exact) mass is 466 g/mol. The maximum absolute atomic E-state index is 12.7. The van der Waals surface area contributed by atoms with Crippen LogP contribution in [0.25, 0.3) is 0 Å². The van der Waals surface area contributed by atoms with Crippen LogP contribution in [0.4, 0.5) is 8.78 Å². The lowest BCUT2D eigenvalue weighted by molar-refractivity contribution is -0.0586. The summed E-state index contributed by atoms with van der Waals surface area (Å²) in [6, 6.07) is 11.2. The van der Waals surface area contributed by atoms with Crippen LogP contribution in [0.3, 0.4) is 0 Å². The van der Waals surface area contributed by atoms with Crippen molar-refractivity contribution in [1.29, 1.82) is 0 Å².